The Bertz CT molecular complexity index is 1410. The molecule has 9 heteroatoms. The number of halogens is 1. The maximum Gasteiger partial charge on any atom is 0.410 e. The number of carbonyl (C=O) groups excluding carboxylic acids is 1. The monoisotopic (exact) mass is 479 g/mol. The van der Waals surface area contributed by atoms with Crippen molar-refractivity contribution in [2.24, 2.45) is 0 Å². The van der Waals surface area contributed by atoms with Crippen molar-refractivity contribution in [1.29, 1.82) is 0 Å². The van der Waals surface area contributed by atoms with E-state index >= 15 is 0 Å². The Labute approximate surface area is 203 Å². The molecule has 1 saturated heterocycles. The van der Waals surface area contributed by atoms with Crippen LogP contribution < -0.4 is 4.74 Å². The first-order chi connectivity index (χ1) is 16.6. The molecular formula is C26H30FN5O3. The molecule has 4 heterocycles. The number of aromatic nitrogens is 4. The number of piperidine rings is 1. The molecule has 0 spiro atoms. The molecule has 8 nitrogen and oxygen atoms in total. The van der Waals surface area contributed by atoms with Crippen LogP contribution in [0.2, 0.25) is 0 Å². The largest absolute Gasteiger partial charge is 0.494 e. The second kappa shape index (κ2) is 8.55. The lowest BCUT2D eigenvalue weighted by molar-refractivity contribution is 0.0185. The summed E-state index contributed by atoms with van der Waals surface area (Å²) < 4.78 is 29.5. The van der Waals surface area contributed by atoms with Gasteiger partial charge >= 0.3 is 6.09 Å². The Balaban J connectivity index is 1.42. The van der Waals surface area contributed by atoms with E-state index in [-0.39, 0.29) is 18.0 Å². The third kappa shape index (κ3) is 4.54. The Kier molecular flexibility index (Phi) is 5.65. The van der Waals surface area contributed by atoms with E-state index in [2.05, 4.69) is 4.98 Å². The number of imidazole rings is 1. The highest BCUT2D eigenvalue weighted by Crippen LogP contribution is 2.34. The van der Waals surface area contributed by atoms with E-state index < -0.39 is 5.60 Å². The van der Waals surface area contributed by atoms with Crippen molar-refractivity contribution >= 4 is 22.6 Å². The zero-order valence-electron chi connectivity index (χ0n) is 20.7. The Hall–Kier alpha value is -3.62. The first kappa shape index (κ1) is 23.1. The molecule has 0 aliphatic carbocycles. The SMILES string of the molecule is COc1cc(-c2cc(F)c3nc(C)cn3c2)cc2cn(C3CCN(C(=O)OC(C)(C)C)CC3)nc12. The maximum atomic E-state index is 14.7. The molecule has 1 aliphatic rings. The van der Waals surface area contributed by atoms with Crippen LogP contribution in [0.15, 0.2) is 36.8 Å². The van der Waals surface area contributed by atoms with Crippen LogP contribution in [0.3, 0.4) is 0 Å². The number of nitrogens with zero attached hydrogens (tertiary/aromatic N) is 5. The minimum atomic E-state index is -0.508. The zero-order valence-corrected chi connectivity index (χ0v) is 20.7. The quantitative estimate of drug-likeness (QED) is 0.395. The summed E-state index contributed by atoms with van der Waals surface area (Å²) in [4.78, 5) is 18.4. The van der Waals surface area contributed by atoms with Crippen LogP contribution in [0.5, 0.6) is 5.75 Å². The molecule has 0 N–H and O–H groups in total. The first-order valence-corrected chi connectivity index (χ1v) is 11.8. The number of methoxy groups -OCH3 is 1. The second-order valence-electron chi connectivity index (χ2n) is 10.1. The number of aryl methyl sites for hydroxylation is 1. The lowest BCUT2D eigenvalue weighted by Gasteiger charge is -2.33. The number of pyridine rings is 1. The molecule has 4 aromatic rings. The van der Waals surface area contributed by atoms with Gasteiger partial charge in [-0.15, -0.1) is 0 Å². The Morgan fingerprint density at radius 3 is 2.51 bits per heavy atom. The summed E-state index contributed by atoms with van der Waals surface area (Å²) in [7, 11) is 1.61. The molecule has 0 atom stereocenters. The zero-order chi connectivity index (χ0) is 24.9. The summed E-state index contributed by atoms with van der Waals surface area (Å²) in [5.41, 5.74) is 2.88. The molecule has 0 radical (unpaired) electrons. The lowest BCUT2D eigenvalue weighted by atomic mass is 10.0. The van der Waals surface area contributed by atoms with Crippen LogP contribution in [0.1, 0.15) is 45.3 Å². The van der Waals surface area contributed by atoms with Crippen LogP contribution in [-0.2, 0) is 4.74 Å². The normalized spacial score (nSPS) is 15.2. The van der Waals surface area contributed by atoms with Crippen molar-refractivity contribution in [3.63, 3.8) is 0 Å². The summed E-state index contributed by atoms with van der Waals surface area (Å²) in [5, 5.41) is 5.72. The van der Waals surface area contributed by atoms with Gasteiger partial charge in [-0.1, -0.05) is 0 Å². The molecule has 0 unspecified atom stereocenters. The summed E-state index contributed by atoms with van der Waals surface area (Å²) in [5.74, 6) is 0.256. The molecule has 5 rings (SSSR count). The van der Waals surface area contributed by atoms with Gasteiger partial charge in [0.15, 0.2) is 11.5 Å². The summed E-state index contributed by atoms with van der Waals surface area (Å²) in [6.07, 6.45) is 6.97. The third-order valence-corrected chi connectivity index (χ3v) is 6.26. The molecule has 3 aromatic heterocycles. The van der Waals surface area contributed by atoms with Crippen molar-refractivity contribution in [3.8, 4) is 16.9 Å². The van der Waals surface area contributed by atoms with Gasteiger partial charge < -0.3 is 18.8 Å². The van der Waals surface area contributed by atoms with Gasteiger partial charge in [-0.3, -0.25) is 4.68 Å². The van der Waals surface area contributed by atoms with Gasteiger partial charge in [0, 0.05) is 42.6 Å². The van der Waals surface area contributed by atoms with Gasteiger partial charge in [-0.25, -0.2) is 14.2 Å². The number of benzene rings is 1. The fraction of sp³-hybridized carbons (Fsp3) is 0.423. The predicted molar refractivity (Wildman–Crippen MR) is 131 cm³/mol. The number of rotatable bonds is 3. The maximum absolute atomic E-state index is 14.7. The van der Waals surface area contributed by atoms with E-state index in [0.29, 0.717) is 24.5 Å². The van der Waals surface area contributed by atoms with E-state index in [1.54, 1.807) is 22.6 Å². The number of hydrogen-bond donors (Lipinski definition) is 0. The van der Waals surface area contributed by atoms with Crippen molar-refractivity contribution in [1.82, 2.24) is 24.1 Å². The molecule has 35 heavy (non-hydrogen) atoms. The van der Waals surface area contributed by atoms with Gasteiger partial charge in [-0.2, -0.15) is 5.10 Å². The number of likely N-dealkylation sites (tertiary alicyclic amines) is 1. The van der Waals surface area contributed by atoms with E-state index in [1.807, 2.05) is 56.9 Å². The molecule has 1 fully saturated rings. The highest BCUT2D eigenvalue weighted by molar-refractivity contribution is 5.89. The minimum absolute atomic E-state index is 0.164. The Morgan fingerprint density at radius 1 is 1.09 bits per heavy atom. The van der Waals surface area contributed by atoms with E-state index in [1.165, 1.54) is 6.07 Å². The minimum Gasteiger partial charge on any atom is -0.494 e. The second-order valence-corrected chi connectivity index (χ2v) is 10.1. The van der Waals surface area contributed by atoms with Gasteiger partial charge in [-0.05, 0) is 64.3 Å². The molecule has 1 amide bonds. The standard InChI is InChI=1S/C26H30FN5O3/c1-16-13-31-14-18(11-21(27)24(31)28-16)17-10-19-15-32(29-23(19)22(12-17)34-5)20-6-8-30(9-7-20)25(33)35-26(2,3)4/h10-15,20H,6-9H2,1-5H3. The number of hydrogen-bond acceptors (Lipinski definition) is 5. The molecule has 1 aromatic carbocycles. The van der Waals surface area contributed by atoms with Crippen LogP contribution in [-0.4, -0.2) is 56.0 Å². The van der Waals surface area contributed by atoms with Gasteiger partial charge in [0.1, 0.15) is 16.9 Å². The summed E-state index contributed by atoms with van der Waals surface area (Å²) in [6, 6.07) is 5.55. The molecule has 1 aliphatic heterocycles. The van der Waals surface area contributed by atoms with E-state index in [4.69, 9.17) is 14.6 Å². The smallest absolute Gasteiger partial charge is 0.410 e. The highest BCUT2D eigenvalue weighted by Gasteiger charge is 2.28. The van der Waals surface area contributed by atoms with Crippen molar-refractivity contribution < 1.29 is 18.7 Å². The van der Waals surface area contributed by atoms with Gasteiger partial charge in [0.2, 0.25) is 0 Å². The summed E-state index contributed by atoms with van der Waals surface area (Å²) in [6.45, 7) is 8.68. The molecule has 184 valence electrons. The van der Waals surface area contributed by atoms with Crippen molar-refractivity contribution in [2.45, 2.75) is 52.2 Å². The fourth-order valence-electron chi connectivity index (χ4n) is 4.61. The average Bonchev–Trinajstić information content (AvgIpc) is 3.40. The fourth-order valence-corrected chi connectivity index (χ4v) is 4.61. The van der Waals surface area contributed by atoms with E-state index in [9.17, 15) is 9.18 Å². The lowest BCUT2D eigenvalue weighted by Crippen LogP contribution is -2.42. The number of amides is 1. The van der Waals surface area contributed by atoms with Crippen molar-refractivity contribution in [3.05, 3.63) is 48.3 Å². The average molecular weight is 480 g/mol. The van der Waals surface area contributed by atoms with Crippen LogP contribution in [0, 0.1) is 12.7 Å². The first-order valence-electron chi connectivity index (χ1n) is 11.8. The summed E-state index contributed by atoms with van der Waals surface area (Å²) >= 11 is 0. The van der Waals surface area contributed by atoms with Crippen molar-refractivity contribution in [2.75, 3.05) is 20.2 Å². The van der Waals surface area contributed by atoms with E-state index in [0.717, 1.165) is 40.6 Å². The number of fused-ring (bicyclic) bond motifs is 2. The molecule has 0 bridgehead atoms. The van der Waals surface area contributed by atoms with Crippen LogP contribution in [0.25, 0.3) is 27.7 Å². The molecule has 0 saturated carbocycles. The number of ether oxygens (including phenoxy) is 2. The number of carbonyl (C=O) groups is 1. The third-order valence-electron chi connectivity index (χ3n) is 6.26. The highest BCUT2D eigenvalue weighted by atomic mass is 19.1. The van der Waals surface area contributed by atoms with Gasteiger partial charge in [0.05, 0.1) is 18.8 Å². The topological polar surface area (TPSA) is 73.9 Å². The van der Waals surface area contributed by atoms with Crippen LogP contribution >= 0.6 is 0 Å². The molecular weight excluding hydrogens is 449 g/mol. The predicted octanol–water partition coefficient (Wildman–Crippen LogP) is 5.38. The van der Waals surface area contributed by atoms with Crippen LogP contribution in [0.4, 0.5) is 9.18 Å². The Morgan fingerprint density at radius 2 is 1.83 bits per heavy atom. The van der Waals surface area contributed by atoms with Gasteiger partial charge in [0.25, 0.3) is 0 Å².